The summed E-state index contributed by atoms with van der Waals surface area (Å²) in [6.45, 7) is 4.05. The molecule has 1 aromatic carbocycles. The van der Waals surface area contributed by atoms with Crippen molar-refractivity contribution in [3.63, 3.8) is 0 Å². The first-order chi connectivity index (χ1) is 9.34. The second kappa shape index (κ2) is 5.78. The normalized spacial score (nSPS) is 18.4. The summed E-state index contributed by atoms with van der Waals surface area (Å²) in [6, 6.07) is 12.2. The Labute approximate surface area is 118 Å². The van der Waals surface area contributed by atoms with Crippen LogP contribution in [0.4, 0.5) is 0 Å². The van der Waals surface area contributed by atoms with E-state index in [1.165, 1.54) is 5.56 Å². The maximum Gasteiger partial charge on any atom is 0.125 e. The Morgan fingerprint density at radius 2 is 2.00 bits per heavy atom. The average molecular weight is 277 g/mol. The predicted molar refractivity (Wildman–Crippen MR) is 76.4 cm³/mol. The van der Waals surface area contributed by atoms with E-state index in [1.807, 2.05) is 30.3 Å². The van der Waals surface area contributed by atoms with Crippen LogP contribution >= 0.6 is 11.6 Å². The van der Waals surface area contributed by atoms with Crippen LogP contribution in [0.3, 0.4) is 0 Å². The number of nitrogens with zero attached hydrogens (tertiary/aromatic N) is 1. The minimum atomic E-state index is 0.149. The number of halogens is 1. The van der Waals surface area contributed by atoms with Gasteiger partial charge in [0.05, 0.1) is 12.3 Å². The third-order valence-electron chi connectivity index (χ3n) is 3.49. The van der Waals surface area contributed by atoms with Crippen molar-refractivity contribution in [2.75, 3.05) is 26.2 Å². The molecule has 1 aromatic heterocycles. The molecule has 0 saturated carbocycles. The van der Waals surface area contributed by atoms with Crippen LogP contribution in [-0.4, -0.2) is 31.1 Å². The van der Waals surface area contributed by atoms with Crippen molar-refractivity contribution in [3.8, 4) is 0 Å². The van der Waals surface area contributed by atoms with Crippen LogP contribution < -0.4 is 5.32 Å². The van der Waals surface area contributed by atoms with Crippen molar-refractivity contribution in [2.45, 2.75) is 6.04 Å². The fraction of sp³-hybridized carbons (Fsp3) is 0.333. The number of hydrogen-bond acceptors (Lipinski definition) is 3. The van der Waals surface area contributed by atoms with Crippen LogP contribution in [-0.2, 0) is 0 Å². The van der Waals surface area contributed by atoms with Gasteiger partial charge in [-0.05, 0) is 29.8 Å². The SMILES string of the molecule is Clc1cccc(C(c2ccco2)N2CCNCC2)c1. The highest BCUT2D eigenvalue weighted by Gasteiger charge is 2.25. The van der Waals surface area contributed by atoms with E-state index in [0.717, 1.165) is 37.0 Å². The van der Waals surface area contributed by atoms with Gasteiger partial charge in [0, 0.05) is 31.2 Å². The molecule has 1 saturated heterocycles. The number of rotatable bonds is 3. The van der Waals surface area contributed by atoms with Crippen molar-refractivity contribution < 1.29 is 4.42 Å². The van der Waals surface area contributed by atoms with Crippen LogP contribution in [0.15, 0.2) is 47.1 Å². The zero-order chi connectivity index (χ0) is 13.1. The summed E-state index contributed by atoms with van der Waals surface area (Å²) in [6.07, 6.45) is 1.73. The number of hydrogen-bond donors (Lipinski definition) is 1. The molecule has 1 unspecified atom stereocenters. The second-order valence-corrected chi connectivity index (χ2v) is 5.20. The summed E-state index contributed by atoms with van der Waals surface area (Å²) in [7, 11) is 0. The fourth-order valence-corrected chi connectivity index (χ4v) is 2.82. The molecule has 0 amide bonds. The highest BCUT2D eigenvalue weighted by Crippen LogP contribution is 2.30. The molecule has 1 aliphatic heterocycles. The van der Waals surface area contributed by atoms with E-state index in [9.17, 15) is 0 Å². The number of benzene rings is 1. The van der Waals surface area contributed by atoms with Crippen molar-refractivity contribution in [1.29, 1.82) is 0 Å². The molecule has 0 spiro atoms. The molecule has 4 heteroatoms. The lowest BCUT2D eigenvalue weighted by Gasteiger charge is -2.34. The highest BCUT2D eigenvalue weighted by atomic mass is 35.5. The summed E-state index contributed by atoms with van der Waals surface area (Å²) in [4.78, 5) is 2.43. The molecule has 1 fully saturated rings. The van der Waals surface area contributed by atoms with Crippen molar-refractivity contribution in [3.05, 3.63) is 59.0 Å². The molecule has 0 aliphatic carbocycles. The number of piperazine rings is 1. The monoisotopic (exact) mass is 276 g/mol. The Hall–Kier alpha value is -1.29. The maximum atomic E-state index is 6.13. The van der Waals surface area contributed by atoms with Crippen LogP contribution in [0, 0.1) is 0 Å². The van der Waals surface area contributed by atoms with Crippen LogP contribution in [0.5, 0.6) is 0 Å². The van der Waals surface area contributed by atoms with Crippen LogP contribution in [0.1, 0.15) is 17.4 Å². The lowest BCUT2D eigenvalue weighted by atomic mass is 10.0. The van der Waals surface area contributed by atoms with Crippen molar-refractivity contribution >= 4 is 11.6 Å². The van der Waals surface area contributed by atoms with E-state index in [-0.39, 0.29) is 6.04 Å². The van der Waals surface area contributed by atoms with Gasteiger partial charge in [-0.2, -0.15) is 0 Å². The van der Waals surface area contributed by atoms with Gasteiger partial charge in [0.1, 0.15) is 5.76 Å². The Bertz CT molecular complexity index is 521. The number of furan rings is 1. The number of nitrogens with one attached hydrogen (secondary N) is 1. The molecule has 1 N–H and O–H groups in total. The quantitative estimate of drug-likeness (QED) is 0.934. The van der Waals surface area contributed by atoms with Gasteiger partial charge in [0.25, 0.3) is 0 Å². The van der Waals surface area contributed by atoms with Crippen molar-refractivity contribution in [1.82, 2.24) is 10.2 Å². The largest absolute Gasteiger partial charge is 0.467 e. The van der Waals surface area contributed by atoms with E-state index in [0.29, 0.717) is 0 Å². The summed E-state index contributed by atoms with van der Waals surface area (Å²) in [5.74, 6) is 0.976. The summed E-state index contributed by atoms with van der Waals surface area (Å²) < 4.78 is 5.64. The minimum Gasteiger partial charge on any atom is -0.467 e. The van der Waals surface area contributed by atoms with Gasteiger partial charge in [0.15, 0.2) is 0 Å². The van der Waals surface area contributed by atoms with Gasteiger partial charge in [-0.15, -0.1) is 0 Å². The fourth-order valence-electron chi connectivity index (χ4n) is 2.62. The molecule has 19 heavy (non-hydrogen) atoms. The van der Waals surface area contributed by atoms with E-state index < -0.39 is 0 Å². The summed E-state index contributed by atoms with van der Waals surface area (Å²) >= 11 is 6.13. The molecule has 0 radical (unpaired) electrons. The highest BCUT2D eigenvalue weighted by molar-refractivity contribution is 6.30. The smallest absolute Gasteiger partial charge is 0.125 e. The lowest BCUT2D eigenvalue weighted by Crippen LogP contribution is -2.45. The van der Waals surface area contributed by atoms with E-state index in [1.54, 1.807) is 6.26 Å². The molecule has 0 bridgehead atoms. The van der Waals surface area contributed by atoms with Gasteiger partial charge in [0.2, 0.25) is 0 Å². The first-order valence-electron chi connectivity index (χ1n) is 6.58. The van der Waals surface area contributed by atoms with E-state index >= 15 is 0 Å². The zero-order valence-corrected chi connectivity index (χ0v) is 11.4. The zero-order valence-electron chi connectivity index (χ0n) is 10.7. The molecule has 1 aliphatic rings. The Balaban J connectivity index is 1.96. The van der Waals surface area contributed by atoms with Gasteiger partial charge in [-0.1, -0.05) is 23.7 Å². The summed E-state index contributed by atoms with van der Waals surface area (Å²) in [5.41, 5.74) is 1.18. The minimum absolute atomic E-state index is 0.149. The van der Waals surface area contributed by atoms with E-state index in [4.69, 9.17) is 16.0 Å². The summed E-state index contributed by atoms with van der Waals surface area (Å²) in [5, 5.41) is 4.15. The first kappa shape index (κ1) is 12.7. The molecule has 2 aromatic rings. The Kier molecular flexibility index (Phi) is 3.87. The van der Waals surface area contributed by atoms with E-state index in [2.05, 4.69) is 16.3 Å². The Morgan fingerprint density at radius 3 is 2.68 bits per heavy atom. The first-order valence-corrected chi connectivity index (χ1v) is 6.96. The van der Waals surface area contributed by atoms with Crippen LogP contribution in [0.25, 0.3) is 0 Å². The molecular weight excluding hydrogens is 260 g/mol. The van der Waals surface area contributed by atoms with Gasteiger partial charge < -0.3 is 9.73 Å². The maximum absolute atomic E-state index is 6.13. The van der Waals surface area contributed by atoms with Crippen LogP contribution in [0.2, 0.25) is 5.02 Å². The van der Waals surface area contributed by atoms with Gasteiger partial charge in [-0.25, -0.2) is 0 Å². The molecule has 1 atom stereocenters. The average Bonchev–Trinajstić information content (AvgIpc) is 2.94. The van der Waals surface area contributed by atoms with Gasteiger partial charge in [-0.3, -0.25) is 4.90 Å². The molecule has 3 nitrogen and oxygen atoms in total. The molecule has 100 valence electrons. The Morgan fingerprint density at radius 1 is 1.16 bits per heavy atom. The molecular formula is C15H17ClN2O. The third kappa shape index (κ3) is 2.84. The predicted octanol–water partition coefficient (Wildman–Crippen LogP) is 2.93. The lowest BCUT2D eigenvalue weighted by molar-refractivity contribution is 0.180. The standard InChI is InChI=1S/C15H17ClN2O/c16-13-4-1-3-12(11-13)15(14-5-2-10-19-14)18-8-6-17-7-9-18/h1-5,10-11,15,17H,6-9H2. The van der Waals surface area contributed by atoms with Crippen molar-refractivity contribution in [2.24, 2.45) is 0 Å². The van der Waals surface area contributed by atoms with Gasteiger partial charge >= 0.3 is 0 Å². The molecule has 3 rings (SSSR count). The second-order valence-electron chi connectivity index (χ2n) is 4.76. The topological polar surface area (TPSA) is 28.4 Å². The molecule has 2 heterocycles. The third-order valence-corrected chi connectivity index (χ3v) is 3.73.